The molecule has 2 rings (SSSR count). The lowest BCUT2D eigenvalue weighted by molar-refractivity contribution is 0.476. The predicted octanol–water partition coefficient (Wildman–Crippen LogP) is 2.93. The minimum atomic E-state index is 0.389. The zero-order valence-electron chi connectivity index (χ0n) is 7.30. The van der Waals surface area contributed by atoms with Crippen LogP contribution in [-0.4, -0.2) is 4.98 Å². The van der Waals surface area contributed by atoms with Gasteiger partial charge in [-0.15, -0.1) is 11.6 Å². The summed E-state index contributed by atoms with van der Waals surface area (Å²) >= 11 is 5.72. The van der Waals surface area contributed by atoms with Crippen LogP contribution in [0.3, 0.4) is 0 Å². The fraction of sp³-hybridized carbons (Fsp3) is 0.667. The molecule has 0 radical (unpaired) electrons. The van der Waals surface area contributed by atoms with E-state index in [0.717, 1.165) is 11.5 Å². The SMILES string of the molecule is CC1(C)CC1c1ocnc1CCl. The van der Waals surface area contributed by atoms with E-state index in [1.54, 1.807) is 0 Å². The van der Waals surface area contributed by atoms with E-state index in [4.69, 9.17) is 16.0 Å². The fourth-order valence-corrected chi connectivity index (χ4v) is 1.78. The van der Waals surface area contributed by atoms with Crippen LogP contribution in [0.25, 0.3) is 0 Å². The summed E-state index contributed by atoms with van der Waals surface area (Å²) in [6.45, 7) is 4.47. The highest BCUT2D eigenvalue weighted by Gasteiger charge is 2.49. The standard InChI is InChI=1S/C9H12ClNO/c1-9(2)3-6(9)8-7(4-10)11-5-12-8/h5-6H,3-4H2,1-2H3. The third-order valence-corrected chi connectivity index (χ3v) is 2.88. The van der Waals surface area contributed by atoms with Gasteiger partial charge >= 0.3 is 0 Å². The maximum atomic E-state index is 5.72. The molecule has 12 heavy (non-hydrogen) atoms. The van der Waals surface area contributed by atoms with Crippen LogP contribution in [0.5, 0.6) is 0 Å². The van der Waals surface area contributed by atoms with E-state index in [9.17, 15) is 0 Å². The molecule has 1 aliphatic rings. The summed E-state index contributed by atoms with van der Waals surface area (Å²) in [6.07, 6.45) is 2.67. The Kier molecular flexibility index (Phi) is 1.69. The molecule has 1 aromatic rings. The second-order valence-electron chi connectivity index (χ2n) is 4.04. The lowest BCUT2D eigenvalue weighted by Crippen LogP contribution is -1.91. The molecule has 0 N–H and O–H groups in total. The van der Waals surface area contributed by atoms with Gasteiger partial charge in [-0.25, -0.2) is 4.98 Å². The van der Waals surface area contributed by atoms with Crippen molar-refractivity contribution in [2.45, 2.75) is 32.1 Å². The first kappa shape index (κ1) is 8.11. The summed E-state index contributed by atoms with van der Waals surface area (Å²) in [5.74, 6) is 1.99. The third-order valence-electron chi connectivity index (χ3n) is 2.63. The molecule has 1 heterocycles. The van der Waals surface area contributed by atoms with E-state index in [1.165, 1.54) is 12.8 Å². The average molecular weight is 186 g/mol. The van der Waals surface area contributed by atoms with Gasteiger partial charge < -0.3 is 4.42 Å². The number of rotatable bonds is 2. The minimum absolute atomic E-state index is 0.389. The van der Waals surface area contributed by atoms with Crippen molar-refractivity contribution in [2.75, 3.05) is 0 Å². The molecule has 1 aliphatic carbocycles. The van der Waals surface area contributed by atoms with Gasteiger partial charge in [-0.3, -0.25) is 0 Å². The van der Waals surface area contributed by atoms with Gasteiger partial charge in [0.05, 0.1) is 11.6 Å². The van der Waals surface area contributed by atoms with E-state index in [0.29, 0.717) is 17.2 Å². The van der Waals surface area contributed by atoms with Gasteiger partial charge in [0.1, 0.15) is 5.76 Å². The Morgan fingerprint density at radius 1 is 1.75 bits per heavy atom. The molecular formula is C9H12ClNO. The molecule has 0 bridgehead atoms. The second kappa shape index (κ2) is 2.49. The molecule has 1 unspecified atom stereocenters. The van der Waals surface area contributed by atoms with Crippen molar-refractivity contribution in [1.82, 2.24) is 4.98 Å². The average Bonchev–Trinajstić information content (AvgIpc) is 2.51. The normalized spacial score (nSPS) is 25.8. The molecule has 1 fully saturated rings. The zero-order chi connectivity index (χ0) is 8.77. The van der Waals surface area contributed by atoms with Crippen molar-refractivity contribution in [3.63, 3.8) is 0 Å². The van der Waals surface area contributed by atoms with Crippen molar-refractivity contribution >= 4 is 11.6 Å². The molecule has 1 aromatic heterocycles. The summed E-state index contributed by atoms with van der Waals surface area (Å²) in [5, 5.41) is 0. The molecule has 2 nitrogen and oxygen atoms in total. The highest BCUT2D eigenvalue weighted by Crippen LogP contribution is 2.59. The number of oxazole rings is 1. The maximum Gasteiger partial charge on any atom is 0.181 e. The Hall–Kier alpha value is -0.500. The Labute approximate surface area is 76.9 Å². The minimum Gasteiger partial charge on any atom is -0.448 e. The van der Waals surface area contributed by atoms with Crippen molar-refractivity contribution < 1.29 is 4.42 Å². The van der Waals surface area contributed by atoms with E-state index < -0.39 is 0 Å². The highest BCUT2D eigenvalue weighted by atomic mass is 35.5. The number of nitrogens with zero attached hydrogens (tertiary/aromatic N) is 1. The van der Waals surface area contributed by atoms with Gasteiger partial charge in [0.15, 0.2) is 6.39 Å². The summed E-state index contributed by atoms with van der Waals surface area (Å²) < 4.78 is 5.32. The summed E-state index contributed by atoms with van der Waals surface area (Å²) in [4.78, 5) is 4.06. The maximum absolute atomic E-state index is 5.72. The summed E-state index contributed by atoms with van der Waals surface area (Å²) in [7, 11) is 0. The largest absolute Gasteiger partial charge is 0.448 e. The van der Waals surface area contributed by atoms with Gasteiger partial charge in [-0.2, -0.15) is 0 Å². The highest BCUT2D eigenvalue weighted by molar-refractivity contribution is 6.16. The van der Waals surface area contributed by atoms with Gasteiger partial charge in [-0.1, -0.05) is 13.8 Å². The van der Waals surface area contributed by atoms with E-state index in [-0.39, 0.29) is 0 Å². The van der Waals surface area contributed by atoms with E-state index in [2.05, 4.69) is 18.8 Å². The molecule has 66 valence electrons. The van der Waals surface area contributed by atoms with Crippen molar-refractivity contribution in [3.05, 3.63) is 17.8 Å². The number of alkyl halides is 1. The first-order chi connectivity index (χ1) is 5.65. The van der Waals surface area contributed by atoms with Crippen LogP contribution in [0, 0.1) is 5.41 Å². The smallest absolute Gasteiger partial charge is 0.181 e. The Bertz CT molecular complexity index is 292. The molecule has 0 aromatic carbocycles. The molecular weight excluding hydrogens is 174 g/mol. The van der Waals surface area contributed by atoms with Gasteiger partial charge in [-0.05, 0) is 11.8 Å². The molecule has 1 atom stereocenters. The van der Waals surface area contributed by atoms with Crippen molar-refractivity contribution in [3.8, 4) is 0 Å². The van der Waals surface area contributed by atoms with Crippen LogP contribution >= 0.6 is 11.6 Å². The Balaban J connectivity index is 2.24. The van der Waals surface area contributed by atoms with Crippen LogP contribution in [0.2, 0.25) is 0 Å². The first-order valence-corrected chi connectivity index (χ1v) is 4.67. The van der Waals surface area contributed by atoms with Crippen LogP contribution in [0.4, 0.5) is 0 Å². The Morgan fingerprint density at radius 2 is 2.42 bits per heavy atom. The number of aromatic nitrogens is 1. The fourth-order valence-electron chi connectivity index (χ4n) is 1.58. The lowest BCUT2D eigenvalue weighted by atomic mass is 10.1. The van der Waals surface area contributed by atoms with Crippen molar-refractivity contribution in [1.29, 1.82) is 0 Å². The van der Waals surface area contributed by atoms with Gasteiger partial charge in [0.25, 0.3) is 0 Å². The topological polar surface area (TPSA) is 26.0 Å². The molecule has 1 saturated carbocycles. The third kappa shape index (κ3) is 1.14. The van der Waals surface area contributed by atoms with Crippen LogP contribution in [0.1, 0.15) is 37.6 Å². The summed E-state index contributed by atoms with van der Waals surface area (Å²) in [6, 6.07) is 0. The van der Waals surface area contributed by atoms with Crippen LogP contribution < -0.4 is 0 Å². The number of hydrogen-bond acceptors (Lipinski definition) is 2. The molecule has 0 aliphatic heterocycles. The first-order valence-electron chi connectivity index (χ1n) is 4.13. The van der Waals surface area contributed by atoms with Crippen LogP contribution in [0.15, 0.2) is 10.8 Å². The predicted molar refractivity (Wildman–Crippen MR) is 47.2 cm³/mol. The molecule has 0 saturated heterocycles. The Morgan fingerprint density at radius 3 is 2.92 bits per heavy atom. The monoisotopic (exact) mass is 185 g/mol. The molecule has 3 heteroatoms. The van der Waals surface area contributed by atoms with Crippen LogP contribution in [-0.2, 0) is 5.88 Å². The quantitative estimate of drug-likeness (QED) is 0.663. The molecule has 0 spiro atoms. The number of hydrogen-bond donors (Lipinski definition) is 0. The second-order valence-corrected chi connectivity index (χ2v) is 4.31. The van der Waals surface area contributed by atoms with Gasteiger partial charge in [0, 0.05) is 5.92 Å². The summed E-state index contributed by atoms with van der Waals surface area (Å²) in [5.41, 5.74) is 1.30. The van der Waals surface area contributed by atoms with Crippen molar-refractivity contribution in [2.24, 2.45) is 5.41 Å². The number of halogens is 1. The molecule has 0 amide bonds. The van der Waals surface area contributed by atoms with Gasteiger partial charge in [0.2, 0.25) is 0 Å². The van der Waals surface area contributed by atoms with E-state index in [1.807, 2.05) is 0 Å². The lowest BCUT2D eigenvalue weighted by Gasteiger charge is -1.99. The zero-order valence-corrected chi connectivity index (χ0v) is 8.06. The van der Waals surface area contributed by atoms with E-state index >= 15 is 0 Å².